The van der Waals surface area contributed by atoms with Crippen molar-refractivity contribution in [1.82, 2.24) is 14.7 Å². The lowest BCUT2D eigenvalue weighted by Gasteiger charge is -2.38. The maximum absolute atomic E-state index is 12.4. The highest BCUT2D eigenvalue weighted by molar-refractivity contribution is 5.80. The molecule has 1 aliphatic rings. The molecule has 0 aliphatic carbocycles. The Balaban J connectivity index is 2.51. The van der Waals surface area contributed by atoms with Crippen molar-refractivity contribution >= 4 is 11.9 Å². The van der Waals surface area contributed by atoms with Crippen LogP contribution in [0.4, 0.5) is 4.79 Å². The first-order valence-electron chi connectivity index (χ1n) is 8.11. The van der Waals surface area contributed by atoms with Crippen LogP contribution in [-0.2, 0) is 4.79 Å². The van der Waals surface area contributed by atoms with Crippen LogP contribution in [0.2, 0.25) is 0 Å². The largest absolute Gasteiger partial charge is 0.339 e. The Morgan fingerprint density at radius 2 is 1.57 bits per heavy atom. The summed E-state index contributed by atoms with van der Waals surface area (Å²) in [5.41, 5.74) is 5.70. The highest BCUT2D eigenvalue weighted by Gasteiger charge is 2.28. The molecule has 1 heterocycles. The van der Waals surface area contributed by atoms with E-state index in [9.17, 15) is 9.59 Å². The number of nitrogens with two attached hydrogens (primary N) is 1. The van der Waals surface area contributed by atoms with Crippen molar-refractivity contribution in [2.75, 3.05) is 45.8 Å². The normalized spacial score (nSPS) is 16.8. The van der Waals surface area contributed by atoms with E-state index in [1.165, 1.54) is 0 Å². The molecule has 1 atom stereocenters. The topological polar surface area (TPSA) is 69.9 Å². The highest BCUT2D eigenvalue weighted by Crippen LogP contribution is 2.13. The Labute approximate surface area is 128 Å². The fourth-order valence-electron chi connectivity index (χ4n) is 2.76. The van der Waals surface area contributed by atoms with Gasteiger partial charge in [-0.05, 0) is 20.3 Å². The maximum atomic E-state index is 12.4. The molecule has 6 nitrogen and oxygen atoms in total. The highest BCUT2D eigenvalue weighted by atomic mass is 16.2. The minimum absolute atomic E-state index is 0.0694. The van der Waals surface area contributed by atoms with Gasteiger partial charge in [0.25, 0.3) is 0 Å². The summed E-state index contributed by atoms with van der Waals surface area (Å²) in [5, 5.41) is 0. The summed E-state index contributed by atoms with van der Waals surface area (Å²) in [7, 11) is 0. The number of hydrogen-bond donors (Lipinski definition) is 1. The van der Waals surface area contributed by atoms with E-state index in [4.69, 9.17) is 5.73 Å². The molecule has 0 bridgehead atoms. The standard InChI is InChI=1S/C15H30N4O2/c1-4-7-13(12-16)14(20)18-8-10-19(11-9-18)15(21)17(5-2)6-3/h13H,4-12,16H2,1-3H3. The number of carbonyl (C=O) groups is 2. The fourth-order valence-corrected chi connectivity index (χ4v) is 2.76. The molecular weight excluding hydrogens is 268 g/mol. The Morgan fingerprint density at radius 1 is 1.05 bits per heavy atom. The lowest BCUT2D eigenvalue weighted by Crippen LogP contribution is -2.55. The fraction of sp³-hybridized carbons (Fsp3) is 0.867. The van der Waals surface area contributed by atoms with Crippen LogP contribution in [0, 0.1) is 5.92 Å². The predicted octanol–water partition coefficient (Wildman–Crippen LogP) is 0.967. The Kier molecular flexibility index (Phi) is 7.50. The molecule has 0 aromatic heterocycles. The number of hydrogen-bond acceptors (Lipinski definition) is 3. The van der Waals surface area contributed by atoms with Crippen molar-refractivity contribution in [3.05, 3.63) is 0 Å². The average molecular weight is 298 g/mol. The molecule has 1 aliphatic heterocycles. The predicted molar refractivity (Wildman–Crippen MR) is 83.9 cm³/mol. The summed E-state index contributed by atoms with van der Waals surface area (Å²) < 4.78 is 0. The minimum atomic E-state index is -0.0694. The molecule has 1 rings (SSSR count). The van der Waals surface area contributed by atoms with Crippen LogP contribution < -0.4 is 5.73 Å². The Morgan fingerprint density at radius 3 is 2.00 bits per heavy atom. The smallest absolute Gasteiger partial charge is 0.320 e. The molecule has 0 aromatic rings. The lowest BCUT2D eigenvalue weighted by atomic mass is 10.0. The second-order valence-corrected chi connectivity index (χ2v) is 5.49. The molecule has 2 N–H and O–H groups in total. The van der Waals surface area contributed by atoms with Gasteiger partial charge in [0.15, 0.2) is 0 Å². The Hall–Kier alpha value is -1.30. The van der Waals surface area contributed by atoms with Gasteiger partial charge < -0.3 is 20.4 Å². The number of amides is 3. The van der Waals surface area contributed by atoms with Crippen LogP contribution >= 0.6 is 0 Å². The molecule has 21 heavy (non-hydrogen) atoms. The van der Waals surface area contributed by atoms with Crippen molar-refractivity contribution in [2.45, 2.75) is 33.6 Å². The summed E-state index contributed by atoms with van der Waals surface area (Å²) in [5.74, 6) is 0.0781. The molecule has 1 fully saturated rings. The van der Waals surface area contributed by atoms with Gasteiger partial charge in [-0.1, -0.05) is 13.3 Å². The van der Waals surface area contributed by atoms with E-state index < -0.39 is 0 Å². The van der Waals surface area contributed by atoms with Gasteiger partial charge in [0.05, 0.1) is 5.92 Å². The third-order valence-corrected chi connectivity index (χ3v) is 4.17. The summed E-state index contributed by atoms with van der Waals surface area (Å²) in [6.45, 7) is 10.4. The van der Waals surface area contributed by atoms with E-state index in [1.807, 2.05) is 28.5 Å². The van der Waals surface area contributed by atoms with Gasteiger partial charge in [-0.15, -0.1) is 0 Å². The van der Waals surface area contributed by atoms with Crippen molar-refractivity contribution in [3.8, 4) is 0 Å². The van der Waals surface area contributed by atoms with Crippen molar-refractivity contribution in [2.24, 2.45) is 11.7 Å². The molecule has 0 radical (unpaired) electrons. The summed E-state index contributed by atoms with van der Waals surface area (Å²) in [6, 6.07) is 0.0797. The molecular formula is C15H30N4O2. The second kappa shape index (κ2) is 8.87. The average Bonchev–Trinajstić information content (AvgIpc) is 2.53. The van der Waals surface area contributed by atoms with Crippen molar-refractivity contribution in [3.63, 3.8) is 0 Å². The van der Waals surface area contributed by atoms with Gasteiger partial charge >= 0.3 is 6.03 Å². The van der Waals surface area contributed by atoms with E-state index in [0.29, 0.717) is 32.7 Å². The van der Waals surface area contributed by atoms with Gasteiger partial charge in [0, 0.05) is 45.8 Å². The third-order valence-electron chi connectivity index (χ3n) is 4.17. The Bertz CT molecular complexity index is 337. The van der Waals surface area contributed by atoms with Crippen LogP contribution in [0.3, 0.4) is 0 Å². The number of nitrogens with zero attached hydrogens (tertiary/aromatic N) is 3. The SMILES string of the molecule is CCCC(CN)C(=O)N1CCN(C(=O)N(CC)CC)CC1. The lowest BCUT2D eigenvalue weighted by molar-refractivity contribution is -0.137. The quantitative estimate of drug-likeness (QED) is 0.794. The number of piperazine rings is 1. The minimum Gasteiger partial charge on any atom is -0.339 e. The van der Waals surface area contributed by atoms with Crippen LogP contribution in [0.1, 0.15) is 33.6 Å². The zero-order valence-electron chi connectivity index (χ0n) is 13.7. The first kappa shape index (κ1) is 17.8. The van der Waals surface area contributed by atoms with Crippen LogP contribution in [0.15, 0.2) is 0 Å². The van der Waals surface area contributed by atoms with E-state index in [1.54, 1.807) is 0 Å². The monoisotopic (exact) mass is 298 g/mol. The molecule has 6 heteroatoms. The molecule has 0 aromatic carbocycles. The summed E-state index contributed by atoms with van der Waals surface area (Å²) in [4.78, 5) is 30.2. The van der Waals surface area contributed by atoms with E-state index in [0.717, 1.165) is 25.9 Å². The van der Waals surface area contributed by atoms with Gasteiger partial charge in [-0.25, -0.2) is 4.79 Å². The number of carbonyl (C=O) groups excluding carboxylic acids is 2. The first-order valence-corrected chi connectivity index (χ1v) is 8.11. The molecule has 0 spiro atoms. The van der Waals surface area contributed by atoms with Crippen LogP contribution in [0.5, 0.6) is 0 Å². The summed E-state index contributed by atoms with van der Waals surface area (Å²) >= 11 is 0. The summed E-state index contributed by atoms with van der Waals surface area (Å²) in [6.07, 6.45) is 1.81. The molecule has 1 saturated heterocycles. The van der Waals surface area contributed by atoms with Gasteiger partial charge in [-0.3, -0.25) is 4.79 Å². The van der Waals surface area contributed by atoms with E-state index in [2.05, 4.69) is 6.92 Å². The van der Waals surface area contributed by atoms with E-state index >= 15 is 0 Å². The second-order valence-electron chi connectivity index (χ2n) is 5.49. The molecule has 0 saturated carbocycles. The molecule has 1 unspecified atom stereocenters. The van der Waals surface area contributed by atoms with Gasteiger partial charge in [0.1, 0.15) is 0 Å². The van der Waals surface area contributed by atoms with E-state index in [-0.39, 0.29) is 17.9 Å². The first-order chi connectivity index (χ1) is 10.1. The maximum Gasteiger partial charge on any atom is 0.320 e. The number of rotatable bonds is 6. The molecule has 122 valence electrons. The van der Waals surface area contributed by atoms with Crippen molar-refractivity contribution < 1.29 is 9.59 Å². The van der Waals surface area contributed by atoms with Crippen LogP contribution in [0.25, 0.3) is 0 Å². The zero-order chi connectivity index (χ0) is 15.8. The zero-order valence-corrected chi connectivity index (χ0v) is 13.7. The molecule has 3 amide bonds. The van der Waals surface area contributed by atoms with Crippen LogP contribution in [-0.4, -0.2) is 72.5 Å². The van der Waals surface area contributed by atoms with Gasteiger partial charge in [-0.2, -0.15) is 0 Å². The number of urea groups is 1. The third kappa shape index (κ3) is 4.59. The van der Waals surface area contributed by atoms with Crippen molar-refractivity contribution in [1.29, 1.82) is 0 Å². The van der Waals surface area contributed by atoms with Gasteiger partial charge in [0.2, 0.25) is 5.91 Å².